The number of nitrogens with two attached hydrogens (primary N) is 1. The van der Waals surface area contributed by atoms with E-state index in [1.54, 1.807) is 18.2 Å². The van der Waals surface area contributed by atoms with Crippen molar-refractivity contribution in [3.05, 3.63) is 22.7 Å². The zero-order chi connectivity index (χ0) is 8.27. The molecule has 0 spiro atoms. The number of hydrogen-bond donors (Lipinski definition) is 1. The molecule has 0 heterocycles. The first kappa shape index (κ1) is 8.07. The normalized spacial score (nSPS) is 9.18. The van der Waals surface area contributed by atoms with Crippen LogP contribution in [0.3, 0.4) is 0 Å². The maximum absolute atomic E-state index is 9.98. The number of carbonyl (C=O) groups excluding carboxylic acids is 1. The van der Waals surface area contributed by atoms with Gasteiger partial charge in [0.25, 0.3) is 6.47 Å². The third kappa shape index (κ3) is 1.71. The van der Waals surface area contributed by atoms with E-state index in [1.165, 1.54) is 0 Å². The minimum atomic E-state index is 0.344. The van der Waals surface area contributed by atoms with Crippen molar-refractivity contribution in [3.63, 3.8) is 0 Å². The summed E-state index contributed by atoms with van der Waals surface area (Å²) >= 11 is 3.18. The molecule has 0 aliphatic rings. The Balaban J connectivity index is 3.09. The van der Waals surface area contributed by atoms with Gasteiger partial charge in [-0.15, -0.1) is 0 Å². The van der Waals surface area contributed by atoms with E-state index >= 15 is 0 Å². The zero-order valence-corrected chi connectivity index (χ0v) is 7.17. The Kier molecular flexibility index (Phi) is 2.48. The van der Waals surface area contributed by atoms with Gasteiger partial charge in [-0.25, -0.2) is 0 Å². The summed E-state index contributed by atoms with van der Waals surface area (Å²) in [5.41, 5.74) is 5.93. The first-order valence-corrected chi connectivity index (χ1v) is 3.69. The molecule has 1 aromatic carbocycles. The summed E-state index contributed by atoms with van der Waals surface area (Å²) in [6, 6.07) is 5.16. The fourth-order valence-electron chi connectivity index (χ4n) is 0.698. The van der Waals surface area contributed by atoms with Crippen LogP contribution in [0, 0.1) is 0 Å². The molecule has 0 saturated heterocycles. The lowest BCUT2D eigenvalue weighted by Crippen LogP contribution is -1.95. The van der Waals surface area contributed by atoms with Gasteiger partial charge in [-0.2, -0.15) is 0 Å². The molecule has 0 saturated carbocycles. The molecule has 0 fully saturated rings. The molecule has 3 nitrogen and oxygen atoms in total. The lowest BCUT2D eigenvalue weighted by atomic mass is 10.3. The number of carbonyl (C=O) groups is 1. The van der Waals surface area contributed by atoms with Gasteiger partial charge < -0.3 is 10.5 Å². The molecule has 1 rings (SSSR count). The fraction of sp³-hybridized carbons (Fsp3) is 0. The van der Waals surface area contributed by atoms with E-state index in [-0.39, 0.29) is 0 Å². The number of benzene rings is 1. The van der Waals surface area contributed by atoms with Crippen LogP contribution >= 0.6 is 15.9 Å². The van der Waals surface area contributed by atoms with Gasteiger partial charge in [-0.3, -0.25) is 4.79 Å². The molecule has 0 unspecified atom stereocenters. The molecule has 0 aliphatic carbocycles. The predicted molar refractivity (Wildman–Crippen MR) is 45.2 cm³/mol. The summed E-state index contributed by atoms with van der Waals surface area (Å²) in [6.07, 6.45) is 0. The number of rotatable bonds is 2. The quantitative estimate of drug-likeness (QED) is 0.602. The van der Waals surface area contributed by atoms with Crippen LogP contribution in [0.15, 0.2) is 22.7 Å². The third-order valence-corrected chi connectivity index (χ3v) is 1.79. The summed E-state index contributed by atoms with van der Waals surface area (Å²) in [5.74, 6) is 0.363. The van der Waals surface area contributed by atoms with Gasteiger partial charge in [0, 0.05) is 0 Å². The Morgan fingerprint density at radius 2 is 2.27 bits per heavy atom. The highest BCUT2D eigenvalue weighted by atomic mass is 79.9. The van der Waals surface area contributed by atoms with Gasteiger partial charge in [0.15, 0.2) is 5.75 Å². The van der Waals surface area contributed by atoms with Crippen LogP contribution in [0.5, 0.6) is 5.75 Å². The SMILES string of the molecule is Nc1cccc(Br)c1OC=O. The van der Waals surface area contributed by atoms with Gasteiger partial charge in [-0.1, -0.05) is 6.07 Å². The van der Waals surface area contributed by atoms with Gasteiger partial charge in [0.1, 0.15) is 0 Å². The van der Waals surface area contributed by atoms with Crippen LogP contribution in [-0.4, -0.2) is 6.47 Å². The number of ether oxygens (including phenoxy) is 1. The van der Waals surface area contributed by atoms with Crippen molar-refractivity contribution in [1.29, 1.82) is 0 Å². The van der Waals surface area contributed by atoms with E-state index in [1.807, 2.05) is 0 Å². The molecule has 58 valence electrons. The lowest BCUT2D eigenvalue weighted by molar-refractivity contribution is -0.120. The van der Waals surface area contributed by atoms with Crippen LogP contribution < -0.4 is 10.5 Å². The zero-order valence-electron chi connectivity index (χ0n) is 5.58. The van der Waals surface area contributed by atoms with Crippen molar-refractivity contribution in [1.82, 2.24) is 0 Å². The molecule has 11 heavy (non-hydrogen) atoms. The largest absolute Gasteiger partial charge is 0.425 e. The van der Waals surface area contributed by atoms with Crippen LogP contribution in [0.4, 0.5) is 5.69 Å². The summed E-state index contributed by atoms with van der Waals surface area (Å²) < 4.78 is 5.29. The van der Waals surface area contributed by atoms with E-state index < -0.39 is 0 Å². The third-order valence-electron chi connectivity index (χ3n) is 1.16. The van der Waals surface area contributed by atoms with Crippen LogP contribution in [-0.2, 0) is 4.79 Å². The van der Waals surface area contributed by atoms with Gasteiger partial charge in [0.2, 0.25) is 0 Å². The molecular formula is C7H6BrNO2. The lowest BCUT2D eigenvalue weighted by Gasteiger charge is -2.03. The van der Waals surface area contributed by atoms with Crippen molar-refractivity contribution < 1.29 is 9.53 Å². The molecule has 0 radical (unpaired) electrons. The van der Waals surface area contributed by atoms with Crippen molar-refractivity contribution in [2.75, 3.05) is 5.73 Å². The maximum atomic E-state index is 9.98. The van der Waals surface area contributed by atoms with Crippen LogP contribution in [0.1, 0.15) is 0 Å². The Hall–Kier alpha value is -1.03. The standard InChI is InChI=1S/C7H6BrNO2/c8-5-2-1-3-6(9)7(5)11-4-10/h1-4H,9H2. The first-order valence-electron chi connectivity index (χ1n) is 2.90. The van der Waals surface area contributed by atoms with E-state index in [0.717, 1.165) is 0 Å². The Bertz CT molecular complexity index is 255. The van der Waals surface area contributed by atoms with Crippen molar-refractivity contribution in [2.45, 2.75) is 0 Å². The second kappa shape index (κ2) is 3.39. The summed E-state index contributed by atoms with van der Waals surface area (Å²) in [6.45, 7) is 0.344. The van der Waals surface area contributed by atoms with E-state index in [4.69, 9.17) is 5.73 Å². The predicted octanol–water partition coefficient (Wildman–Crippen LogP) is 1.57. The van der Waals surface area contributed by atoms with Crippen LogP contribution in [0.25, 0.3) is 0 Å². The molecule has 2 N–H and O–H groups in total. The molecule has 1 aromatic rings. The second-order valence-electron chi connectivity index (χ2n) is 1.87. The Morgan fingerprint density at radius 1 is 1.55 bits per heavy atom. The van der Waals surface area contributed by atoms with Gasteiger partial charge in [0.05, 0.1) is 10.2 Å². The van der Waals surface area contributed by atoms with Crippen molar-refractivity contribution in [3.8, 4) is 5.75 Å². The van der Waals surface area contributed by atoms with Crippen molar-refractivity contribution >= 4 is 28.1 Å². The molecular weight excluding hydrogens is 210 g/mol. The summed E-state index contributed by atoms with van der Waals surface area (Å²) in [4.78, 5) is 9.98. The molecule has 0 amide bonds. The monoisotopic (exact) mass is 215 g/mol. The highest BCUT2D eigenvalue weighted by Crippen LogP contribution is 2.30. The summed E-state index contributed by atoms with van der Waals surface area (Å²) in [7, 11) is 0. The smallest absolute Gasteiger partial charge is 0.298 e. The average molecular weight is 216 g/mol. The number of para-hydroxylation sites is 1. The minimum Gasteiger partial charge on any atom is -0.425 e. The number of halogens is 1. The van der Waals surface area contributed by atoms with E-state index in [2.05, 4.69) is 20.7 Å². The Morgan fingerprint density at radius 3 is 2.82 bits per heavy atom. The minimum absolute atomic E-state index is 0.344. The number of anilines is 1. The second-order valence-corrected chi connectivity index (χ2v) is 2.73. The average Bonchev–Trinajstić information content (AvgIpc) is 1.97. The topological polar surface area (TPSA) is 52.3 Å². The highest BCUT2D eigenvalue weighted by molar-refractivity contribution is 9.10. The molecule has 4 heteroatoms. The maximum Gasteiger partial charge on any atom is 0.298 e. The van der Waals surface area contributed by atoms with Crippen molar-refractivity contribution in [2.24, 2.45) is 0 Å². The van der Waals surface area contributed by atoms with E-state index in [0.29, 0.717) is 22.4 Å². The number of nitrogen functional groups attached to an aromatic ring is 1. The van der Waals surface area contributed by atoms with Gasteiger partial charge >= 0.3 is 0 Å². The summed E-state index contributed by atoms with van der Waals surface area (Å²) in [5, 5.41) is 0. The molecule has 0 bridgehead atoms. The van der Waals surface area contributed by atoms with Crippen LogP contribution in [0.2, 0.25) is 0 Å². The molecule has 0 aromatic heterocycles. The fourth-order valence-corrected chi connectivity index (χ4v) is 1.17. The Labute approximate surface area is 72.3 Å². The van der Waals surface area contributed by atoms with Gasteiger partial charge in [-0.05, 0) is 28.1 Å². The number of hydrogen-bond acceptors (Lipinski definition) is 3. The van der Waals surface area contributed by atoms with E-state index in [9.17, 15) is 4.79 Å². The first-order chi connectivity index (χ1) is 5.25. The molecule has 0 aliphatic heterocycles. The highest BCUT2D eigenvalue weighted by Gasteiger charge is 2.03. The molecule has 0 atom stereocenters.